The van der Waals surface area contributed by atoms with E-state index in [4.69, 9.17) is 0 Å². The molecule has 164 valence electrons. The number of halogens is 1. The van der Waals surface area contributed by atoms with E-state index < -0.39 is 0 Å². The third-order valence-electron chi connectivity index (χ3n) is 6.73. The van der Waals surface area contributed by atoms with Crippen molar-refractivity contribution in [2.45, 2.75) is 18.8 Å². The summed E-state index contributed by atoms with van der Waals surface area (Å²) in [5.41, 5.74) is 3.85. The maximum atomic E-state index is 13.5. The van der Waals surface area contributed by atoms with Crippen molar-refractivity contribution >= 4 is 16.9 Å². The van der Waals surface area contributed by atoms with Gasteiger partial charge >= 0.3 is 6.03 Å². The molecule has 2 fully saturated rings. The number of rotatable bonds is 5. The number of fused-ring (bicyclic) bond motifs is 1. The number of amides is 2. The molecule has 2 aromatic carbocycles. The summed E-state index contributed by atoms with van der Waals surface area (Å²) in [6.45, 7) is 5.17. The van der Waals surface area contributed by atoms with Gasteiger partial charge in [-0.2, -0.15) is 5.26 Å². The fourth-order valence-electron chi connectivity index (χ4n) is 4.92. The van der Waals surface area contributed by atoms with Crippen molar-refractivity contribution in [3.63, 3.8) is 0 Å². The van der Waals surface area contributed by atoms with Crippen LogP contribution in [0, 0.1) is 17.1 Å². The Bertz CT molecular complexity index is 1170. The molecule has 7 heteroatoms. The number of hydrogen-bond donors (Lipinski definition) is 1. The molecule has 3 aromatic rings. The maximum absolute atomic E-state index is 13.5. The van der Waals surface area contributed by atoms with Crippen LogP contribution in [0.2, 0.25) is 0 Å². The lowest BCUT2D eigenvalue weighted by atomic mass is 9.89. The van der Waals surface area contributed by atoms with Crippen LogP contribution in [0.15, 0.2) is 48.7 Å². The quantitative estimate of drug-likeness (QED) is 0.668. The Morgan fingerprint density at radius 2 is 1.84 bits per heavy atom. The molecule has 2 aliphatic rings. The minimum atomic E-state index is -0.254. The number of urea groups is 1. The molecule has 0 bridgehead atoms. The molecule has 0 atom stereocenters. The molecule has 32 heavy (non-hydrogen) atoms. The first-order chi connectivity index (χ1) is 15.6. The number of nitrogens with zero attached hydrogens (tertiary/aromatic N) is 4. The van der Waals surface area contributed by atoms with E-state index in [2.05, 4.69) is 27.0 Å². The lowest BCUT2D eigenvalue weighted by molar-refractivity contribution is 0.181. The van der Waals surface area contributed by atoms with Gasteiger partial charge in [0.05, 0.1) is 17.1 Å². The van der Waals surface area contributed by atoms with Crippen LogP contribution in [-0.4, -0.2) is 59.7 Å². The van der Waals surface area contributed by atoms with Gasteiger partial charge in [-0.15, -0.1) is 0 Å². The monoisotopic (exact) mass is 431 g/mol. The molecule has 3 heterocycles. The van der Waals surface area contributed by atoms with Crippen molar-refractivity contribution in [1.29, 1.82) is 5.26 Å². The molecule has 2 saturated heterocycles. The van der Waals surface area contributed by atoms with E-state index >= 15 is 0 Å². The van der Waals surface area contributed by atoms with Gasteiger partial charge in [-0.05, 0) is 79.9 Å². The van der Waals surface area contributed by atoms with Gasteiger partial charge in [0.15, 0.2) is 0 Å². The first kappa shape index (κ1) is 20.5. The minimum Gasteiger partial charge on any atom is -0.336 e. The molecular formula is C25H26FN5O. The predicted molar refractivity (Wildman–Crippen MR) is 121 cm³/mol. The summed E-state index contributed by atoms with van der Waals surface area (Å²) >= 11 is 0. The van der Waals surface area contributed by atoms with Crippen molar-refractivity contribution in [3.8, 4) is 11.8 Å². The van der Waals surface area contributed by atoms with Gasteiger partial charge < -0.3 is 19.7 Å². The fraction of sp³-hybridized carbons (Fsp3) is 0.360. The second-order valence-corrected chi connectivity index (χ2v) is 8.61. The molecule has 6 nitrogen and oxygen atoms in total. The first-order valence-electron chi connectivity index (χ1n) is 11.2. The van der Waals surface area contributed by atoms with Gasteiger partial charge in [-0.1, -0.05) is 0 Å². The van der Waals surface area contributed by atoms with Gasteiger partial charge in [-0.3, -0.25) is 0 Å². The number of hydrogen-bond acceptors (Lipinski definition) is 3. The zero-order chi connectivity index (χ0) is 22.1. The van der Waals surface area contributed by atoms with Crippen molar-refractivity contribution in [3.05, 3.63) is 65.6 Å². The second kappa shape index (κ2) is 8.64. The van der Waals surface area contributed by atoms with Crippen molar-refractivity contribution in [2.24, 2.45) is 0 Å². The number of benzene rings is 2. The van der Waals surface area contributed by atoms with Crippen LogP contribution in [-0.2, 0) is 0 Å². The first-order valence-corrected chi connectivity index (χ1v) is 11.2. The van der Waals surface area contributed by atoms with E-state index in [0.717, 1.165) is 68.7 Å². The summed E-state index contributed by atoms with van der Waals surface area (Å²) < 4.78 is 15.6. The van der Waals surface area contributed by atoms with E-state index in [1.54, 1.807) is 12.1 Å². The molecule has 0 radical (unpaired) electrons. The zero-order valence-electron chi connectivity index (χ0n) is 17.9. The number of aromatic nitrogens is 1. The number of carbonyl (C=O) groups excluding carboxylic acids is 1. The summed E-state index contributed by atoms with van der Waals surface area (Å²) in [6, 6.07) is 14.6. The zero-order valence-corrected chi connectivity index (χ0v) is 17.9. The number of nitriles is 1. The molecule has 0 unspecified atom stereocenters. The number of piperidine rings is 1. The van der Waals surface area contributed by atoms with Crippen LogP contribution in [0.3, 0.4) is 0 Å². The topological polar surface area (TPSA) is 64.3 Å². The summed E-state index contributed by atoms with van der Waals surface area (Å²) in [5.74, 6) is 0.149. The summed E-state index contributed by atoms with van der Waals surface area (Å²) in [4.78, 5) is 16.1. The van der Waals surface area contributed by atoms with Crippen molar-refractivity contribution in [2.75, 3.05) is 39.3 Å². The molecule has 1 N–H and O–H groups in total. The Labute approximate surface area is 186 Å². The number of likely N-dealkylation sites (tertiary alicyclic amines) is 1. The van der Waals surface area contributed by atoms with Gasteiger partial charge in [0, 0.05) is 43.4 Å². The fourth-order valence-corrected chi connectivity index (χ4v) is 4.92. The lowest BCUT2D eigenvalue weighted by Crippen LogP contribution is -2.40. The highest BCUT2D eigenvalue weighted by atomic mass is 19.1. The van der Waals surface area contributed by atoms with Crippen LogP contribution >= 0.6 is 0 Å². The standard InChI is InChI=1S/C25H26FN5O/c26-20-2-4-21(5-3-20)31-17-23(22-15-18(16-27)1-6-24(22)31)19-7-10-29(11-8-19)13-14-30-12-9-28-25(30)32/h1-6,15,17,19H,7-14H2,(H,28,32). The van der Waals surface area contributed by atoms with Crippen molar-refractivity contribution in [1.82, 2.24) is 19.7 Å². The Hall–Kier alpha value is -3.37. The Kier molecular flexibility index (Phi) is 5.54. The van der Waals surface area contributed by atoms with E-state index in [9.17, 15) is 14.4 Å². The number of nitrogens with one attached hydrogen (secondary N) is 1. The van der Waals surface area contributed by atoms with Crippen molar-refractivity contribution < 1.29 is 9.18 Å². The molecule has 0 aliphatic carbocycles. The smallest absolute Gasteiger partial charge is 0.317 e. The van der Waals surface area contributed by atoms with E-state index in [1.165, 1.54) is 17.7 Å². The molecule has 1 aromatic heterocycles. The SMILES string of the molecule is N#Cc1ccc2c(c1)c(C1CCN(CCN3CCNC3=O)CC1)cn2-c1ccc(F)cc1. The molecule has 2 aliphatic heterocycles. The van der Waals surface area contributed by atoms with E-state index in [1.807, 2.05) is 23.1 Å². The maximum Gasteiger partial charge on any atom is 0.317 e. The molecular weight excluding hydrogens is 405 g/mol. The third-order valence-corrected chi connectivity index (χ3v) is 6.73. The Balaban J connectivity index is 1.36. The number of carbonyl (C=O) groups is 1. The summed E-state index contributed by atoms with van der Waals surface area (Å²) in [6.07, 6.45) is 4.23. The van der Waals surface area contributed by atoms with Gasteiger partial charge in [-0.25, -0.2) is 9.18 Å². The largest absolute Gasteiger partial charge is 0.336 e. The lowest BCUT2D eigenvalue weighted by Gasteiger charge is -2.32. The van der Waals surface area contributed by atoms with E-state index in [0.29, 0.717) is 11.5 Å². The molecule has 0 saturated carbocycles. The summed E-state index contributed by atoms with van der Waals surface area (Å²) in [5, 5.41) is 13.4. The third kappa shape index (κ3) is 3.94. The van der Waals surface area contributed by atoms with Crippen LogP contribution in [0.4, 0.5) is 9.18 Å². The van der Waals surface area contributed by atoms with Crippen LogP contribution in [0.25, 0.3) is 16.6 Å². The average molecular weight is 432 g/mol. The van der Waals surface area contributed by atoms with Gasteiger partial charge in [0.2, 0.25) is 0 Å². The van der Waals surface area contributed by atoms with E-state index in [-0.39, 0.29) is 11.8 Å². The van der Waals surface area contributed by atoms with Crippen LogP contribution < -0.4 is 5.32 Å². The summed E-state index contributed by atoms with van der Waals surface area (Å²) in [7, 11) is 0. The highest BCUT2D eigenvalue weighted by Gasteiger charge is 2.26. The highest BCUT2D eigenvalue weighted by molar-refractivity contribution is 5.87. The Morgan fingerprint density at radius 3 is 2.53 bits per heavy atom. The molecule has 5 rings (SSSR count). The van der Waals surface area contributed by atoms with Gasteiger partial charge in [0.25, 0.3) is 0 Å². The van der Waals surface area contributed by atoms with Gasteiger partial charge in [0.1, 0.15) is 5.82 Å². The average Bonchev–Trinajstić information content (AvgIpc) is 3.41. The Morgan fingerprint density at radius 1 is 1.06 bits per heavy atom. The second-order valence-electron chi connectivity index (χ2n) is 8.61. The predicted octanol–water partition coefficient (Wildman–Crippen LogP) is 3.85. The molecule has 2 amide bonds. The minimum absolute atomic E-state index is 0.0433. The highest BCUT2D eigenvalue weighted by Crippen LogP contribution is 2.36. The normalized spacial score (nSPS) is 17.6. The molecule has 0 spiro atoms. The van der Waals surface area contributed by atoms with Crippen LogP contribution in [0.5, 0.6) is 0 Å². The van der Waals surface area contributed by atoms with Crippen LogP contribution in [0.1, 0.15) is 29.9 Å².